The molecule has 84 valence electrons. The number of pyridine rings is 1. The van der Waals surface area contributed by atoms with E-state index in [2.05, 4.69) is 31.0 Å². The van der Waals surface area contributed by atoms with Gasteiger partial charge in [0, 0.05) is 28.7 Å². The zero-order valence-corrected chi connectivity index (χ0v) is 9.90. The molecule has 3 aromatic rings. The van der Waals surface area contributed by atoms with E-state index >= 15 is 0 Å². The van der Waals surface area contributed by atoms with Gasteiger partial charge in [0.15, 0.2) is 0 Å². The Labute approximate surface area is 99.9 Å². The minimum Gasteiger partial charge on any atom is -0.463 e. The average molecular weight is 223 g/mol. The number of hydrogen-bond acceptors (Lipinski definition) is 2. The third-order valence-electron chi connectivity index (χ3n) is 2.98. The van der Waals surface area contributed by atoms with Crippen LogP contribution < -0.4 is 0 Å². The molecule has 0 bridgehead atoms. The summed E-state index contributed by atoms with van der Waals surface area (Å²) in [5.41, 5.74) is 3.58. The highest BCUT2D eigenvalue weighted by molar-refractivity contribution is 5.96. The molecule has 0 N–H and O–H groups in total. The van der Waals surface area contributed by atoms with Gasteiger partial charge in [0.05, 0.1) is 6.26 Å². The molecule has 3 rings (SSSR count). The number of fused-ring (bicyclic) bond motifs is 1. The van der Waals surface area contributed by atoms with Crippen LogP contribution in [-0.4, -0.2) is 4.98 Å². The fourth-order valence-corrected chi connectivity index (χ4v) is 2.30. The van der Waals surface area contributed by atoms with Crippen molar-refractivity contribution in [1.82, 2.24) is 4.98 Å². The fraction of sp³-hybridized carbons (Fsp3) is 0.133. The molecule has 2 aromatic heterocycles. The monoisotopic (exact) mass is 223 g/mol. The summed E-state index contributed by atoms with van der Waals surface area (Å²) in [4.78, 5) is 4.03. The van der Waals surface area contributed by atoms with E-state index in [1.54, 1.807) is 12.4 Å². The zero-order valence-electron chi connectivity index (χ0n) is 9.90. The van der Waals surface area contributed by atoms with Gasteiger partial charge in [-0.25, -0.2) is 0 Å². The highest BCUT2D eigenvalue weighted by atomic mass is 16.3. The van der Waals surface area contributed by atoms with E-state index < -0.39 is 0 Å². The van der Waals surface area contributed by atoms with Gasteiger partial charge in [-0.15, -0.1) is 0 Å². The highest BCUT2D eigenvalue weighted by Gasteiger charge is 2.11. The quantitative estimate of drug-likeness (QED) is 0.620. The van der Waals surface area contributed by atoms with Gasteiger partial charge >= 0.3 is 0 Å². The summed E-state index contributed by atoms with van der Waals surface area (Å²) in [5.74, 6) is 0.930. The number of aromatic nitrogens is 1. The van der Waals surface area contributed by atoms with Crippen molar-refractivity contribution in [2.75, 3.05) is 0 Å². The van der Waals surface area contributed by atoms with Crippen LogP contribution in [-0.2, 0) is 0 Å². The van der Waals surface area contributed by atoms with E-state index in [1.807, 2.05) is 18.4 Å². The lowest BCUT2D eigenvalue weighted by Crippen LogP contribution is -1.81. The van der Waals surface area contributed by atoms with Crippen LogP contribution in [0.5, 0.6) is 0 Å². The molecule has 0 radical (unpaired) electrons. The lowest BCUT2D eigenvalue weighted by atomic mass is 10.0. The van der Waals surface area contributed by atoms with Crippen LogP contribution in [0.4, 0.5) is 0 Å². The Morgan fingerprint density at radius 3 is 2.59 bits per heavy atom. The lowest BCUT2D eigenvalue weighted by Gasteiger charge is -2.02. The van der Waals surface area contributed by atoms with Crippen molar-refractivity contribution < 1.29 is 4.42 Å². The molecule has 17 heavy (non-hydrogen) atoms. The van der Waals surface area contributed by atoms with Gasteiger partial charge in [0.25, 0.3) is 0 Å². The molecule has 0 saturated heterocycles. The molecule has 1 aromatic carbocycles. The SMILES string of the molecule is Cc1cc(C)c2c(-c3ccncc3)occ2c1. The maximum atomic E-state index is 5.71. The van der Waals surface area contributed by atoms with Crippen molar-refractivity contribution in [3.8, 4) is 11.3 Å². The van der Waals surface area contributed by atoms with Gasteiger partial charge in [-0.05, 0) is 37.6 Å². The molecule has 0 atom stereocenters. The molecule has 2 nitrogen and oxygen atoms in total. The van der Waals surface area contributed by atoms with Gasteiger partial charge in [-0.1, -0.05) is 11.6 Å². The third kappa shape index (κ3) is 1.62. The summed E-state index contributed by atoms with van der Waals surface area (Å²) >= 11 is 0. The third-order valence-corrected chi connectivity index (χ3v) is 2.98. The fourth-order valence-electron chi connectivity index (χ4n) is 2.30. The summed E-state index contributed by atoms with van der Waals surface area (Å²) < 4.78 is 5.71. The van der Waals surface area contributed by atoms with Crippen molar-refractivity contribution in [2.45, 2.75) is 13.8 Å². The summed E-state index contributed by atoms with van der Waals surface area (Å²) in [6.45, 7) is 4.22. The summed E-state index contributed by atoms with van der Waals surface area (Å²) in [5, 5.41) is 2.36. The maximum Gasteiger partial charge on any atom is 0.142 e. The Morgan fingerprint density at radius 1 is 1.06 bits per heavy atom. The van der Waals surface area contributed by atoms with Gasteiger partial charge in [-0.2, -0.15) is 0 Å². The predicted octanol–water partition coefficient (Wildman–Crippen LogP) is 4.11. The normalized spacial score (nSPS) is 10.9. The first kappa shape index (κ1) is 10.1. The van der Waals surface area contributed by atoms with E-state index in [0.717, 1.165) is 16.7 Å². The van der Waals surface area contributed by atoms with Crippen molar-refractivity contribution in [1.29, 1.82) is 0 Å². The van der Waals surface area contributed by atoms with Crippen LogP contribution in [0.15, 0.2) is 47.3 Å². The maximum absolute atomic E-state index is 5.71. The molecule has 0 saturated carbocycles. The van der Waals surface area contributed by atoms with Crippen LogP contribution >= 0.6 is 0 Å². The number of aryl methyl sites for hydroxylation is 2. The average Bonchev–Trinajstić information content (AvgIpc) is 2.74. The standard InChI is InChI=1S/C15H13NO/c1-10-7-11(2)14-13(8-10)9-17-15(14)12-3-5-16-6-4-12/h3-9H,1-2H3. The topological polar surface area (TPSA) is 26.0 Å². The van der Waals surface area contributed by atoms with Crippen molar-refractivity contribution in [3.05, 3.63) is 54.0 Å². The largest absolute Gasteiger partial charge is 0.463 e. The van der Waals surface area contributed by atoms with Crippen LogP contribution in [0.2, 0.25) is 0 Å². The number of nitrogens with zero attached hydrogens (tertiary/aromatic N) is 1. The molecular formula is C15H13NO. The van der Waals surface area contributed by atoms with Gasteiger partial charge < -0.3 is 4.42 Å². The molecule has 0 aliphatic rings. The van der Waals surface area contributed by atoms with Gasteiger partial charge in [-0.3, -0.25) is 4.98 Å². The first-order valence-electron chi connectivity index (χ1n) is 5.64. The van der Waals surface area contributed by atoms with Gasteiger partial charge in [0.2, 0.25) is 0 Å². The molecule has 0 amide bonds. The van der Waals surface area contributed by atoms with Crippen molar-refractivity contribution >= 4 is 10.8 Å². The first-order valence-corrected chi connectivity index (χ1v) is 5.64. The second-order valence-electron chi connectivity index (χ2n) is 4.35. The van der Waals surface area contributed by atoms with E-state index in [9.17, 15) is 0 Å². The van der Waals surface area contributed by atoms with E-state index in [1.165, 1.54) is 16.5 Å². The number of hydrogen-bond donors (Lipinski definition) is 0. The Hall–Kier alpha value is -2.09. The Morgan fingerprint density at radius 2 is 1.82 bits per heavy atom. The van der Waals surface area contributed by atoms with Crippen molar-refractivity contribution in [3.63, 3.8) is 0 Å². The summed E-state index contributed by atoms with van der Waals surface area (Å²) in [7, 11) is 0. The smallest absolute Gasteiger partial charge is 0.142 e. The number of furan rings is 1. The zero-order chi connectivity index (χ0) is 11.8. The Balaban J connectivity index is 2.32. The van der Waals surface area contributed by atoms with Crippen LogP contribution in [0.3, 0.4) is 0 Å². The van der Waals surface area contributed by atoms with E-state index in [0.29, 0.717) is 0 Å². The molecular weight excluding hydrogens is 210 g/mol. The number of rotatable bonds is 1. The highest BCUT2D eigenvalue weighted by Crippen LogP contribution is 2.33. The number of benzene rings is 1. The van der Waals surface area contributed by atoms with E-state index in [-0.39, 0.29) is 0 Å². The molecule has 0 spiro atoms. The predicted molar refractivity (Wildman–Crippen MR) is 68.9 cm³/mol. The molecule has 2 heteroatoms. The molecule has 0 aliphatic carbocycles. The minimum atomic E-state index is 0.930. The lowest BCUT2D eigenvalue weighted by molar-refractivity contribution is 0.587. The summed E-state index contributed by atoms with van der Waals surface area (Å²) in [6, 6.07) is 8.27. The second kappa shape index (κ2) is 3.74. The van der Waals surface area contributed by atoms with E-state index in [4.69, 9.17) is 4.42 Å². The molecule has 0 unspecified atom stereocenters. The molecule has 0 fully saturated rings. The van der Waals surface area contributed by atoms with Crippen molar-refractivity contribution in [2.24, 2.45) is 0 Å². The van der Waals surface area contributed by atoms with Gasteiger partial charge in [0.1, 0.15) is 5.76 Å². The molecule has 0 aliphatic heterocycles. The second-order valence-corrected chi connectivity index (χ2v) is 4.35. The van der Waals surface area contributed by atoms with Crippen LogP contribution in [0.25, 0.3) is 22.1 Å². The van der Waals surface area contributed by atoms with Crippen LogP contribution in [0.1, 0.15) is 11.1 Å². The first-order chi connectivity index (χ1) is 8.25. The summed E-state index contributed by atoms with van der Waals surface area (Å²) in [6.07, 6.45) is 5.39. The Bertz CT molecular complexity index is 668. The Kier molecular flexibility index (Phi) is 2.22. The van der Waals surface area contributed by atoms with Crippen LogP contribution in [0, 0.1) is 13.8 Å². The minimum absolute atomic E-state index is 0.930. The molecule has 2 heterocycles.